The zero-order valence-electron chi connectivity index (χ0n) is 11.5. The first-order valence-corrected chi connectivity index (χ1v) is 6.36. The van der Waals surface area contributed by atoms with Gasteiger partial charge in [-0.2, -0.15) is 0 Å². The van der Waals surface area contributed by atoms with E-state index in [1.807, 2.05) is 6.20 Å². The first-order chi connectivity index (χ1) is 8.54. The Morgan fingerprint density at radius 3 is 2.61 bits per heavy atom. The minimum absolute atomic E-state index is 0.269. The lowest BCUT2D eigenvalue weighted by molar-refractivity contribution is 0.725. The van der Waals surface area contributed by atoms with Crippen molar-refractivity contribution < 1.29 is 0 Å². The number of nitrogens with zero attached hydrogens (tertiary/aromatic N) is 1. The Balaban J connectivity index is 2.43. The minimum atomic E-state index is 0.269. The predicted octanol–water partition coefficient (Wildman–Crippen LogP) is 3.06. The van der Waals surface area contributed by atoms with Crippen LogP contribution in [0.1, 0.15) is 35.4 Å². The largest absolute Gasteiger partial charge is 0.342 e. The predicted molar refractivity (Wildman–Crippen MR) is 75.7 cm³/mol. The molecule has 96 valence electrons. The standard InChI is InChI=1S/C15H21N3/c1-9-5-6-13(12(4)11(9)3)14-8-17-15(18-14)10(2)7-16/h5-6,8,10H,7,16H2,1-4H3,(H,17,18). The van der Waals surface area contributed by atoms with Gasteiger partial charge >= 0.3 is 0 Å². The van der Waals surface area contributed by atoms with Crippen LogP contribution in [-0.2, 0) is 0 Å². The molecule has 0 aliphatic carbocycles. The average molecular weight is 243 g/mol. The van der Waals surface area contributed by atoms with E-state index in [0.717, 1.165) is 11.5 Å². The van der Waals surface area contributed by atoms with Crippen LogP contribution in [0.15, 0.2) is 18.3 Å². The van der Waals surface area contributed by atoms with E-state index in [0.29, 0.717) is 6.54 Å². The third-order valence-corrected chi connectivity index (χ3v) is 3.76. The van der Waals surface area contributed by atoms with Gasteiger partial charge < -0.3 is 10.7 Å². The second kappa shape index (κ2) is 4.94. The fourth-order valence-corrected chi connectivity index (χ4v) is 2.08. The second-order valence-electron chi connectivity index (χ2n) is 5.00. The molecule has 0 amide bonds. The summed E-state index contributed by atoms with van der Waals surface area (Å²) >= 11 is 0. The fourth-order valence-electron chi connectivity index (χ4n) is 2.08. The molecule has 1 atom stereocenters. The Labute approximate surface area is 108 Å². The molecule has 0 bridgehead atoms. The lowest BCUT2D eigenvalue weighted by Gasteiger charge is -2.10. The summed E-state index contributed by atoms with van der Waals surface area (Å²) in [6, 6.07) is 4.31. The van der Waals surface area contributed by atoms with E-state index < -0.39 is 0 Å². The van der Waals surface area contributed by atoms with E-state index >= 15 is 0 Å². The van der Waals surface area contributed by atoms with Gasteiger partial charge in [-0.05, 0) is 37.5 Å². The highest BCUT2D eigenvalue weighted by Gasteiger charge is 2.11. The molecule has 2 rings (SSSR count). The Hall–Kier alpha value is -1.61. The minimum Gasteiger partial charge on any atom is -0.342 e. The quantitative estimate of drug-likeness (QED) is 0.870. The third kappa shape index (κ3) is 2.18. The molecule has 1 heterocycles. The topological polar surface area (TPSA) is 54.7 Å². The number of nitrogens with one attached hydrogen (secondary N) is 1. The molecule has 0 aliphatic heterocycles. The van der Waals surface area contributed by atoms with Crippen LogP contribution in [0.2, 0.25) is 0 Å². The van der Waals surface area contributed by atoms with Crippen molar-refractivity contribution in [2.45, 2.75) is 33.6 Å². The lowest BCUT2D eigenvalue weighted by atomic mass is 9.97. The summed E-state index contributed by atoms with van der Waals surface area (Å²) in [6.45, 7) is 9.15. The molecule has 0 aliphatic rings. The van der Waals surface area contributed by atoms with Crippen molar-refractivity contribution >= 4 is 0 Å². The van der Waals surface area contributed by atoms with Crippen LogP contribution >= 0.6 is 0 Å². The Kier molecular flexibility index (Phi) is 3.53. The molecule has 0 saturated heterocycles. The van der Waals surface area contributed by atoms with E-state index in [9.17, 15) is 0 Å². The molecule has 2 aromatic rings. The number of benzene rings is 1. The van der Waals surface area contributed by atoms with Gasteiger partial charge in [-0.15, -0.1) is 0 Å². The summed E-state index contributed by atoms with van der Waals surface area (Å²) in [5.41, 5.74) is 11.9. The van der Waals surface area contributed by atoms with Crippen LogP contribution < -0.4 is 5.73 Å². The van der Waals surface area contributed by atoms with Crippen LogP contribution in [0.5, 0.6) is 0 Å². The first kappa shape index (κ1) is 12.8. The van der Waals surface area contributed by atoms with Gasteiger partial charge in [0, 0.05) is 18.0 Å². The normalized spacial score (nSPS) is 12.7. The summed E-state index contributed by atoms with van der Waals surface area (Å²) in [5, 5.41) is 0. The van der Waals surface area contributed by atoms with E-state index in [1.165, 1.54) is 22.3 Å². The van der Waals surface area contributed by atoms with Crippen molar-refractivity contribution in [3.63, 3.8) is 0 Å². The van der Waals surface area contributed by atoms with Gasteiger partial charge in [0.1, 0.15) is 5.82 Å². The highest BCUT2D eigenvalue weighted by molar-refractivity contribution is 5.65. The van der Waals surface area contributed by atoms with E-state index in [4.69, 9.17) is 5.73 Å². The van der Waals surface area contributed by atoms with Crippen molar-refractivity contribution in [2.75, 3.05) is 6.54 Å². The number of aryl methyl sites for hydroxylation is 1. The smallest absolute Gasteiger partial charge is 0.110 e. The molecule has 18 heavy (non-hydrogen) atoms. The van der Waals surface area contributed by atoms with Gasteiger partial charge in [0.15, 0.2) is 0 Å². The molecule has 1 aromatic heterocycles. The molecular formula is C15H21N3. The number of hydrogen-bond acceptors (Lipinski definition) is 2. The summed E-state index contributed by atoms with van der Waals surface area (Å²) in [7, 11) is 0. The molecule has 3 N–H and O–H groups in total. The fraction of sp³-hybridized carbons (Fsp3) is 0.400. The van der Waals surface area contributed by atoms with Crippen molar-refractivity contribution in [1.29, 1.82) is 0 Å². The van der Waals surface area contributed by atoms with Crippen LogP contribution in [0.25, 0.3) is 11.3 Å². The van der Waals surface area contributed by atoms with Gasteiger partial charge in [0.05, 0.1) is 11.9 Å². The number of aromatic amines is 1. The van der Waals surface area contributed by atoms with Crippen molar-refractivity contribution in [1.82, 2.24) is 9.97 Å². The zero-order valence-corrected chi connectivity index (χ0v) is 11.5. The van der Waals surface area contributed by atoms with Crippen molar-refractivity contribution in [3.05, 3.63) is 40.8 Å². The van der Waals surface area contributed by atoms with Gasteiger partial charge in [0.2, 0.25) is 0 Å². The van der Waals surface area contributed by atoms with E-state index in [1.54, 1.807) is 0 Å². The molecule has 0 radical (unpaired) electrons. The van der Waals surface area contributed by atoms with Crippen LogP contribution in [0, 0.1) is 20.8 Å². The number of nitrogens with two attached hydrogens (primary N) is 1. The maximum Gasteiger partial charge on any atom is 0.110 e. The summed E-state index contributed by atoms with van der Waals surface area (Å²) in [5.74, 6) is 1.23. The zero-order chi connectivity index (χ0) is 13.3. The van der Waals surface area contributed by atoms with Gasteiger partial charge in [0.25, 0.3) is 0 Å². The molecule has 3 nitrogen and oxygen atoms in total. The van der Waals surface area contributed by atoms with Crippen LogP contribution in [0.4, 0.5) is 0 Å². The number of rotatable bonds is 3. The van der Waals surface area contributed by atoms with Gasteiger partial charge in [-0.1, -0.05) is 19.1 Å². The van der Waals surface area contributed by atoms with Crippen molar-refractivity contribution in [3.8, 4) is 11.3 Å². The van der Waals surface area contributed by atoms with E-state index in [-0.39, 0.29) is 5.92 Å². The van der Waals surface area contributed by atoms with Gasteiger partial charge in [-0.3, -0.25) is 0 Å². The van der Waals surface area contributed by atoms with E-state index in [2.05, 4.69) is 49.8 Å². The molecule has 0 fully saturated rings. The third-order valence-electron chi connectivity index (χ3n) is 3.76. The Bertz CT molecular complexity index is 555. The monoisotopic (exact) mass is 243 g/mol. The number of aromatic nitrogens is 2. The SMILES string of the molecule is Cc1ccc(-c2cnc(C(C)CN)[nH]2)c(C)c1C. The molecule has 3 heteroatoms. The van der Waals surface area contributed by atoms with Crippen LogP contribution in [-0.4, -0.2) is 16.5 Å². The van der Waals surface area contributed by atoms with Crippen molar-refractivity contribution in [2.24, 2.45) is 5.73 Å². The number of imidazole rings is 1. The maximum absolute atomic E-state index is 5.67. The van der Waals surface area contributed by atoms with Gasteiger partial charge in [-0.25, -0.2) is 4.98 Å². The Morgan fingerprint density at radius 2 is 1.94 bits per heavy atom. The van der Waals surface area contributed by atoms with Crippen LogP contribution in [0.3, 0.4) is 0 Å². The molecule has 1 unspecified atom stereocenters. The summed E-state index contributed by atoms with van der Waals surface area (Å²) < 4.78 is 0. The number of H-pyrrole nitrogens is 1. The summed E-state index contributed by atoms with van der Waals surface area (Å²) in [4.78, 5) is 7.80. The first-order valence-electron chi connectivity index (χ1n) is 6.36. The highest BCUT2D eigenvalue weighted by Crippen LogP contribution is 2.26. The summed E-state index contributed by atoms with van der Waals surface area (Å²) in [6.07, 6.45) is 1.90. The number of hydrogen-bond donors (Lipinski definition) is 2. The maximum atomic E-state index is 5.67. The Morgan fingerprint density at radius 1 is 1.22 bits per heavy atom. The molecule has 0 spiro atoms. The second-order valence-corrected chi connectivity index (χ2v) is 5.00. The highest BCUT2D eigenvalue weighted by atomic mass is 14.9. The lowest BCUT2D eigenvalue weighted by Crippen LogP contribution is -2.10. The molecular weight excluding hydrogens is 222 g/mol. The molecule has 0 saturated carbocycles. The molecule has 1 aromatic carbocycles. The average Bonchev–Trinajstić information content (AvgIpc) is 2.84.